The minimum atomic E-state index is 0.251. The molecular formula is C18H25N3O2. The fraction of sp³-hybridized carbons (Fsp3) is 0.556. The summed E-state index contributed by atoms with van der Waals surface area (Å²) in [6, 6.07) is 6.93. The highest BCUT2D eigenvalue weighted by atomic mass is 16.5. The Hall–Kier alpha value is -2.04. The second-order valence-electron chi connectivity index (χ2n) is 6.64. The number of piperidine rings is 1. The van der Waals surface area contributed by atoms with Gasteiger partial charge in [0.15, 0.2) is 5.82 Å². The van der Waals surface area contributed by atoms with E-state index in [0.717, 1.165) is 37.5 Å². The van der Waals surface area contributed by atoms with Gasteiger partial charge in [0.1, 0.15) is 11.9 Å². The third kappa shape index (κ3) is 3.66. The van der Waals surface area contributed by atoms with Crippen molar-refractivity contribution in [3.05, 3.63) is 35.2 Å². The maximum absolute atomic E-state index is 6.13. The van der Waals surface area contributed by atoms with Crippen LogP contribution in [0.25, 0.3) is 0 Å². The van der Waals surface area contributed by atoms with Crippen molar-refractivity contribution in [3.8, 4) is 5.75 Å². The van der Waals surface area contributed by atoms with Gasteiger partial charge in [0.05, 0.1) is 0 Å². The number of hydrogen-bond donors (Lipinski definition) is 0. The Balaban J connectivity index is 1.56. The first-order valence-corrected chi connectivity index (χ1v) is 8.35. The van der Waals surface area contributed by atoms with Crippen LogP contribution < -0.4 is 9.64 Å². The zero-order valence-corrected chi connectivity index (χ0v) is 14.4. The van der Waals surface area contributed by atoms with Crippen LogP contribution in [0.5, 0.6) is 5.75 Å². The summed E-state index contributed by atoms with van der Waals surface area (Å²) >= 11 is 0. The Morgan fingerprint density at radius 2 is 1.91 bits per heavy atom. The molecule has 1 aliphatic heterocycles. The van der Waals surface area contributed by atoms with Crippen LogP contribution in [-0.2, 0) is 0 Å². The summed E-state index contributed by atoms with van der Waals surface area (Å²) in [6.07, 6.45) is 2.18. The van der Waals surface area contributed by atoms with E-state index in [2.05, 4.69) is 60.9 Å². The maximum Gasteiger partial charge on any atom is 0.324 e. The first-order valence-electron chi connectivity index (χ1n) is 8.35. The summed E-state index contributed by atoms with van der Waals surface area (Å²) in [6.45, 7) is 10.1. The van der Waals surface area contributed by atoms with Crippen LogP contribution >= 0.6 is 0 Å². The largest absolute Gasteiger partial charge is 0.490 e. The van der Waals surface area contributed by atoms with Gasteiger partial charge in [-0.25, -0.2) is 0 Å². The molecule has 2 heterocycles. The van der Waals surface area contributed by atoms with Gasteiger partial charge in [-0.2, -0.15) is 4.98 Å². The predicted octanol–water partition coefficient (Wildman–Crippen LogP) is 3.86. The zero-order valence-electron chi connectivity index (χ0n) is 14.4. The summed E-state index contributed by atoms with van der Waals surface area (Å²) in [5, 5.41) is 4.04. The lowest BCUT2D eigenvalue weighted by atomic mass is 10.1. The van der Waals surface area contributed by atoms with Crippen molar-refractivity contribution >= 4 is 6.01 Å². The maximum atomic E-state index is 6.13. The summed E-state index contributed by atoms with van der Waals surface area (Å²) in [5.74, 6) is 2.03. The Kier molecular flexibility index (Phi) is 4.55. The first-order chi connectivity index (χ1) is 11.0. The van der Waals surface area contributed by atoms with Gasteiger partial charge >= 0.3 is 6.01 Å². The van der Waals surface area contributed by atoms with Gasteiger partial charge in [-0.05, 0) is 37.1 Å². The number of ether oxygens (including phenoxy) is 1. The van der Waals surface area contributed by atoms with E-state index in [1.165, 1.54) is 11.1 Å². The molecule has 1 aliphatic rings. The predicted molar refractivity (Wildman–Crippen MR) is 90.2 cm³/mol. The molecule has 1 aromatic heterocycles. The molecule has 5 nitrogen and oxygen atoms in total. The van der Waals surface area contributed by atoms with Crippen molar-refractivity contribution < 1.29 is 9.26 Å². The lowest BCUT2D eigenvalue weighted by molar-refractivity contribution is 0.168. The number of nitrogens with zero attached hydrogens (tertiary/aromatic N) is 3. The smallest absolute Gasteiger partial charge is 0.324 e. The van der Waals surface area contributed by atoms with Crippen LogP contribution in [0.1, 0.15) is 49.6 Å². The fourth-order valence-corrected chi connectivity index (χ4v) is 2.73. The highest BCUT2D eigenvalue weighted by Gasteiger charge is 2.24. The van der Waals surface area contributed by atoms with Crippen molar-refractivity contribution in [2.24, 2.45) is 0 Å². The molecule has 0 radical (unpaired) electrons. The molecule has 3 rings (SSSR count). The molecule has 0 amide bonds. The lowest BCUT2D eigenvalue weighted by Gasteiger charge is -2.30. The number of anilines is 1. The van der Waals surface area contributed by atoms with E-state index in [-0.39, 0.29) is 12.0 Å². The summed E-state index contributed by atoms with van der Waals surface area (Å²) < 4.78 is 11.5. The van der Waals surface area contributed by atoms with Gasteiger partial charge in [0, 0.05) is 31.8 Å². The summed E-state index contributed by atoms with van der Waals surface area (Å²) in [4.78, 5) is 6.62. The molecule has 1 fully saturated rings. The van der Waals surface area contributed by atoms with Crippen molar-refractivity contribution in [3.63, 3.8) is 0 Å². The quantitative estimate of drug-likeness (QED) is 0.857. The monoisotopic (exact) mass is 315 g/mol. The second kappa shape index (κ2) is 6.60. The van der Waals surface area contributed by atoms with E-state index in [4.69, 9.17) is 9.26 Å². The third-order valence-corrected chi connectivity index (χ3v) is 4.44. The lowest BCUT2D eigenvalue weighted by Crippen LogP contribution is -2.38. The molecule has 0 spiro atoms. The van der Waals surface area contributed by atoms with Crippen molar-refractivity contribution in [2.45, 2.75) is 52.6 Å². The molecule has 1 saturated heterocycles. The number of hydrogen-bond acceptors (Lipinski definition) is 5. The standard InChI is InChI=1S/C18H25N3O2/c1-12(2)17-19-18(23-20-17)21-9-7-15(8-10-21)22-16-6-5-13(3)14(4)11-16/h5-6,11-12,15H,7-10H2,1-4H3. The molecule has 5 heteroatoms. The molecule has 124 valence electrons. The highest BCUT2D eigenvalue weighted by molar-refractivity contribution is 5.34. The number of rotatable bonds is 4. The van der Waals surface area contributed by atoms with Crippen molar-refractivity contribution in [1.82, 2.24) is 10.1 Å². The average molecular weight is 315 g/mol. The molecule has 0 aliphatic carbocycles. The Labute approximate surface area is 137 Å². The third-order valence-electron chi connectivity index (χ3n) is 4.44. The van der Waals surface area contributed by atoms with Crippen LogP contribution in [0.3, 0.4) is 0 Å². The highest BCUT2D eigenvalue weighted by Crippen LogP contribution is 2.24. The van der Waals surface area contributed by atoms with Gasteiger partial charge in [-0.3, -0.25) is 0 Å². The van der Waals surface area contributed by atoms with E-state index in [9.17, 15) is 0 Å². The van der Waals surface area contributed by atoms with Crippen LogP contribution in [0, 0.1) is 13.8 Å². The van der Waals surface area contributed by atoms with Gasteiger partial charge in [-0.15, -0.1) is 0 Å². The SMILES string of the molecule is Cc1ccc(OC2CCN(c3nc(C(C)C)no3)CC2)cc1C. The van der Waals surface area contributed by atoms with Crippen LogP contribution in [0.4, 0.5) is 6.01 Å². The molecule has 0 bridgehead atoms. The van der Waals surface area contributed by atoms with Crippen molar-refractivity contribution in [1.29, 1.82) is 0 Å². The Bertz CT molecular complexity index is 658. The minimum absolute atomic E-state index is 0.251. The molecule has 2 aromatic rings. The molecule has 0 atom stereocenters. The van der Waals surface area contributed by atoms with Crippen LogP contribution in [0.15, 0.2) is 22.7 Å². The summed E-state index contributed by atoms with van der Waals surface area (Å²) in [5.41, 5.74) is 2.57. The molecule has 0 N–H and O–H groups in total. The average Bonchev–Trinajstić information content (AvgIpc) is 3.02. The number of aryl methyl sites for hydroxylation is 2. The normalized spacial score (nSPS) is 16.1. The van der Waals surface area contributed by atoms with E-state index < -0.39 is 0 Å². The second-order valence-corrected chi connectivity index (χ2v) is 6.64. The Morgan fingerprint density at radius 1 is 1.17 bits per heavy atom. The van der Waals surface area contributed by atoms with Gasteiger partial charge < -0.3 is 14.2 Å². The molecule has 0 unspecified atom stereocenters. The minimum Gasteiger partial charge on any atom is -0.490 e. The first kappa shape index (κ1) is 15.8. The molecule has 1 aromatic carbocycles. The van der Waals surface area contributed by atoms with Gasteiger partial charge in [0.2, 0.25) is 0 Å². The van der Waals surface area contributed by atoms with Crippen LogP contribution in [0.2, 0.25) is 0 Å². The molecule has 23 heavy (non-hydrogen) atoms. The van der Waals surface area contributed by atoms with E-state index in [1.807, 2.05) is 0 Å². The topological polar surface area (TPSA) is 51.4 Å². The van der Waals surface area contributed by atoms with Gasteiger partial charge in [0.25, 0.3) is 0 Å². The number of aromatic nitrogens is 2. The molecule has 0 saturated carbocycles. The molecular weight excluding hydrogens is 290 g/mol. The summed E-state index contributed by atoms with van der Waals surface area (Å²) in [7, 11) is 0. The van der Waals surface area contributed by atoms with Gasteiger partial charge in [-0.1, -0.05) is 25.1 Å². The van der Waals surface area contributed by atoms with E-state index >= 15 is 0 Å². The number of benzene rings is 1. The Morgan fingerprint density at radius 3 is 2.52 bits per heavy atom. The zero-order chi connectivity index (χ0) is 16.4. The van der Waals surface area contributed by atoms with E-state index in [1.54, 1.807) is 0 Å². The fourth-order valence-electron chi connectivity index (χ4n) is 2.73. The van der Waals surface area contributed by atoms with Crippen LogP contribution in [-0.4, -0.2) is 29.3 Å². The van der Waals surface area contributed by atoms with E-state index in [0.29, 0.717) is 6.01 Å². The van der Waals surface area contributed by atoms with Crippen molar-refractivity contribution in [2.75, 3.05) is 18.0 Å².